The Labute approximate surface area is 99.9 Å². The summed E-state index contributed by atoms with van der Waals surface area (Å²) in [5, 5.41) is 3.48. The fourth-order valence-corrected chi connectivity index (χ4v) is 2.01. The van der Waals surface area contributed by atoms with Crippen LogP contribution in [0.1, 0.15) is 13.3 Å². The van der Waals surface area contributed by atoms with Crippen molar-refractivity contribution >= 4 is 0 Å². The number of hydrogen-bond acceptors (Lipinski definition) is 4. The van der Waals surface area contributed by atoms with E-state index in [1.165, 1.54) is 6.42 Å². The predicted molar refractivity (Wildman–Crippen MR) is 67.9 cm³/mol. The van der Waals surface area contributed by atoms with Gasteiger partial charge in [-0.1, -0.05) is 6.92 Å². The predicted octanol–water partition coefficient (Wildman–Crippen LogP) is 0.248. The fourth-order valence-electron chi connectivity index (χ4n) is 2.01. The molecule has 0 aromatic rings. The molecule has 0 aromatic carbocycles. The molecule has 1 fully saturated rings. The standard InChI is InChI=1S/C12H27N3O/c1-4-12-11-16-10-9-15(12)8-6-13-5-7-14(2)3/h12-13H,4-11H2,1-3H3. The lowest BCUT2D eigenvalue weighted by Gasteiger charge is -2.35. The molecule has 1 heterocycles. The summed E-state index contributed by atoms with van der Waals surface area (Å²) >= 11 is 0. The number of morpholine rings is 1. The summed E-state index contributed by atoms with van der Waals surface area (Å²) in [4.78, 5) is 4.75. The zero-order valence-corrected chi connectivity index (χ0v) is 11.0. The highest BCUT2D eigenvalue weighted by molar-refractivity contribution is 4.74. The van der Waals surface area contributed by atoms with Crippen molar-refractivity contribution in [2.24, 2.45) is 0 Å². The van der Waals surface area contributed by atoms with E-state index in [0.717, 1.165) is 45.9 Å². The van der Waals surface area contributed by atoms with Gasteiger partial charge in [0.2, 0.25) is 0 Å². The van der Waals surface area contributed by atoms with Crippen LogP contribution in [0.4, 0.5) is 0 Å². The summed E-state index contributed by atoms with van der Waals surface area (Å²) in [5.74, 6) is 0. The van der Waals surface area contributed by atoms with Crippen LogP contribution in [0.25, 0.3) is 0 Å². The highest BCUT2D eigenvalue weighted by Crippen LogP contribution is 2.08. The highest BCUT2D eigenvalue weighted by atomic mass is 16.5. The van der Waals surface area contributed by atoms with Crippen LogP contribution in [-0.2, 0) is 4.74 Å². The van der Waals surface area contributed by atoms with Gasteiger partial charge in [0, 0.05) is 38.8 Å². The fraction of sp³-hybridized carbons (Fsp3) is 1.00. The van der Waals surface area contributed by atoms with Crippen molar-refractivity contribution in [1.29, 1.82) is 0 Å². The molecule has 0 bridgehead atoms. The smallest absolute Gasteiger partial charge is 0.0622 e. The molecule has 96 valence electrons. The van der Waals surface area contributed by atoms with Gasteiger partial charge in [-0.25, -0.2) is 0 Å². The van der Waals surface area contributed by atoms with Crippen molar-refractivity contribution in [3.63, 3.8) is 0 Å². The van der Waals surface area contributed by atoms with Crippen molar-refractivity contribution < 1.29 is 4.74 Å². The first-order chi connectivity index (χ1) is 7.74. The molecule has 4 nitrogen and oxygen atoms in total. The molecule has 1 N–H and O–H groups in total. The van der Waals surface area contributed by atoms with E-state index in [2.05, 4.69) is 36.1 Å². The van der Waals surface area contributed by atoms with E-state index >= 15 is 0 Å². The van der Waals surface area contributed by atoms with Crippen molar-refractivity contribution in [2.45, 2.75) is 19.4 Å². The van der Waals surface area contributed by atoms with E-state index in [0.29, 0.717) is 6.04 Å². The van der Waals surface area contributed by atoms with Gasteiger partial charge >= 0.3 is 0 Å². The summed E-state index contributed by atoms with van der Waals surface area (Å²) in [6.45, 7) is 9.57. The lowest BCUT2D eigenvalue weighted by molar-refractivity contribution is -0.00783. The largest absolute Gasteiger partial charge is 0.378 e. The second kappa shape index (κ2) is 8.01. The van der Waals surface area contributed by atoms with Crippen molar-refractivity contribution in [3.05, 3.63) is 0 Å². The van der Waals surface area contributed by atoms with Gasteiger partial charge in [-0.3, -0.25) is 4.90 Å². The van der Waals surface area contributed by atoms with Crippen LogP contribution in [0.5, 0.6) is 0 Å². The number of rotatable bonds is 7. The number of likely N-dealkylation sites (N-methyl/N-ethyl adjacent to an activating group) is 1. The molecule has 1 rings (SSSR count). The zero-order valence-electron chi connectivity index (χ0n) is 11.0. The minimum atomic E-state index is 0.629. The van der Waals surface area contributed by atoms with Crippen LogP contribution < -0.4 is 5.32 Å². The van der Waals surface area contributed by atoms with Crippen LogP contribution in [0.3, 0.4) is 0 Å². The van der Waals surface area contributed by atoms with Crippen LogP contribution in [0.2, 0.25) is 0 Å². The first kappa shape index (κ1) is 13.9. The third kappa shape index (κ3) is 5.25. The lowest BCUT2D eigenvalue weighted by Crippen LogP contribution is -2.47. The molecule has 4 heteroatoms. The number of nitrogens with one attached hydrogen (secondary N) is 1. The van der Waals surface area contributed by atoms with Crippen LogP contribution >= 0.6 is 0 Å². The Morgan fingerprint density at radius 2 is 2.19 bits per heavy atom. The number of ether oxygens (including phenoxy) is 1. The van der Waals surface area contributed by atoms with Crippen LogP contribution in [0, 0.1) is 0 Å². The van der Waals surface area contributed by atoms with Crippen LogP contribution in [-0.4, -0.2) is 75.9 Å². The maximum atomic E-state index is 5.49. The third-order valence-electron chi connectivity index (χ3n) is 3.13. The van der Waals surface area contributed by atoms with E-state index in [1.807, 2.05) is 0 Å². The summed E-state index contributed by atoms with van der Waals surface area (Å²) in [6.07, 6.45) is 1.19. The van der Waals surface area contributed by atoms with Gasteiger partial charge < -0.3 is 15.0 Å². The van der Waals surface area contributed by atoms with E-state index in [4.69, 9.17) is 4.74 Å². The van der Waals surface area contributed by atoms with Crippen molar-refractivity contribution in [1.82, 2.24) is 15.1 Å². The average Bonchev–Trinajstić information content (AvgIpc) is 2.29. The van der Waals surface area contributed by atoms with E-state index in [9.17, 15) is 0 Å². The molecule has 0 amide bonds. The number of hydrogen-bond donors (Lipinski definition) is 1. The molecule has 0 spiro atoms. The second-order valence-electron chi connectivity index (χ2n) is 4.73. The maximum absolute atomic E-state index is 5.49. The average molecular weight is 229 g/mol. The minimum absolute atomic E-state index is 0.629. The first-order valence-corrected chi connectivity index (χ1v) is 6.41. The molecular weight excluding hydrogens is 202 g/mol. The topological polar surface area (TPSA) is 27.7 Å². The Balaban J connectivity index is 2.06. The van der Waals surface area contributed by atoms with Gasteiger partial charge in [-0.2, -0.15) is 0 Å². The third-order valence-corrected chi connectivity index (χ3v) is 3.13. The molecular formula is C12H27N3O. The Bertz CT molecular complexity index is 176. The van der Waals surface area contributed by atoms with Gasteiger partial charge in [0.1, 0.15) is 0 Å². The van der Waals surface area contributed by atoms with Gasteiger partial charge in [0.25, 0.3) is 0 Å². The molecule has 0 aliphatic carbocycles. The van der Waals surface area contributed by atoms with Crippen LogP contribution in [0.15, 0.2) is 0 Å². The molecule has 16 heavy (non-hydrogen) atoms. The molecule has 0 saturated carbocycles. The van der Waals surface area contributed by atoms with Gasteiger partial charge in [-0.15, -0.1) is 0 Å². The summed E-state index contributed by atoms with van der Waals surface area (Å²) in [7, 11) is 4.22. The Morgan fingerprint density at radius 1 is 1.38 bits per heavy atom. The molecule has 0 aromatic heterocycles. The van der Waals surface area contributed by atoms with E-state index in [-0.39, 0.29) is 0 Å². The van der Waals surface area contributed by atoms with Gasteiger partial charge in [0.15, 0.2) is 0 Å². The quantitative estimate of drug-likeness (QED) is 0.633. The Hall–Kier alpha value is -0.160. The van der Waals surface area contributed by atoms with E-state index in [1.54, 1.807) is 0 Å². The van der Waals surface area contributed by atoms with Crippen molar-refractivity contribution in [3.8, 4) is 0 Å². The lowest BCUT2D eigenvalue weighted by atomic mass is 10.2. The highest BCUT2D eigenvalue weighted by Gasteiger charge is 2.20. The Kier molecular flexibility index (Phi) is 6.96. The molecule has 1 saturated heterocycles. The second-order valence-corrected chi connectivity index (χ2v) is 4.73. The minimum Gasteiger partial charge on any atom is -0.378 e. The molecule has 1 atom stereocenters. The van der Waals surface area contributed by atoms with Crippen molar-refractivity contribution in [2.75, 3.05) is 60.0 Å². The number of nitrogens with zero attached hydrogens (tertiary/aromatic N) is 2. The maximum Gasteiger partial charge on any atom is 0.0622 e. The van der Waals surface area contributed by atoms with Gasteiger partial charge in [-0.05, 0) is 20.5 Å². The first-order valence-electron chi connectivity index (χ1n) is 6.41. The summed E-state index contributed by atoms with van der Waals surface area (Å²) in [5.41, 5.74) is 0. The normalized spacial score (nSPS) is 22.9. The molecule has 1 unspecified atom stereocenters. The Morgan fingerprint density at radius 3 is 2.88 bits per heavy atom. The van der Waals surface area contributed by atoms with Gasteiger partial charge in [0.05, 0.1) is 13.2 Å². The summed E-state index contributed by atoms with van der Waals surface area (Å²) < 4.78 is 5.49. The molecule has 1 aliphatic rings. The monoisotopic (exact) mass is 229 g/mol. The van der Waals surface area contributed by atoms with E-state index < -0.39 is 0 Å². The summed E-state index contributed by atoms with van der Waals surface area (Å²) in [6, 6.07) is 0.629. The molecule has 1 aliphatic heterocycles. The SMILES string of the molecule is CCC1COCCN1CCNCCN(C)C. The molecule has 0 radical (unpaired) electrons. The zero-order chi connectivity index (χ0) is 11.8.